The number of carbonyl (C=O) groups is 2. The number of piperidine rings is 1. The zero-order valence-electron chi connectivity index (χ0n) is 14.4. The summed E-state index contributed by atoms with van der Waals surface area (Å²) in [5.74, 6) is -0.581. The Bertz CT molecular complexity index is 779. The highest BCUT2D eigenvalue weighted by atomic mass is 19.1. The fraction of sp³-hybridized carbons (Fsp3) is 0.238. The Morgan fingerprint density at radius 1 is 1.00 bits per heavy atom. The molecular formula is C21H21FN2O2. The zero-order chi connectivity index (χ0) is 18.4. The third-order valence-electron chi connectivity index (χ3n) is 4.45. The van der Waals surface area contributed by atoms with Crippen LogP contribution in [-0.2, 0) is 4.79 Å². The molecule has 4 nitrogen and oxygen atoms in total. The molecule has 0 bridgehead atoms. The lowest BCUT2D eigenvalue weighted by atomic mass is 10.0. The average Bonchev–Trinajstić information content (AvgIpc) is 2.68. The van der Waals surface area contributed by atoms with Crippen molar-refractivity contribution < 1.29 is 14.0 Å². The van der Waals surface area contributed by atoms with Gasteiger partial charge >= 0.3 is 0 Å². The number of hydrogen-bond acceptors (Lipinski definition) is 2. The van der Waals surface area contributed by atoms with Crippen LogP contribution in [0, 0.1) is 5.82 Å². The molecule has 0 aliphatic carbocycles. The van der Waals surface area contributed by atoms with Gasteiger partial charge in [0, 0.05) is 30.8 Å². The van der Waals surface area contributed by atoms with Gasteiger partial charge in [-0.25, -0.2) is 4.39 Å². The van der Waals surface area contributed by atoms with Gasteiger partial charge in [-0.05, 0) is 48.7 Å². The zero-order valence-corrected chi connectivity index (χ0v) is 14.4. The first-order chi connectivity index (χ1) is 12.6. The van der Waals surface area contributed by atoms with E-state index < -0.39 is 0 Å². The van der Waals surface area contributed by atoms with Crippen LogP contribution in [0.4, 0.5) is 4.39 Å². The highest BCUT2D eigenvalue weighted by Crippen LogP contribution is 2.14. The van der Waals surface area contributed by atoms with Crippen molar-refractivity contribution in [3.8, 4) is 0 Å². The van der Waals surface area contributed by atoms with Gasteiger partial charge in [0.25, 0.3) is 5.91 Å². The van der Waals surface area contributed by atoms with Crippen LogP contribution in [0.1, 0.15) is 28.8 Å². The molecule has 1 N–H and O–H groups in total. The Morgan fingerprint density at radius 2 is 1.65 bits per heavy atom. The van der Waals surface area contributed by atoms with Crippen molar-refractivity contribution in [2.75, 3.05) is 13.1 Å². The number of halogens is 1. The van der Waals surface area contributed by atoms with Crippen LogP contribution < -0.4 is 5.32 Å². The van der Waals surface area contributed by atoms with Crippen molar-refractivity contribution in [1.82, 2.24) is 10.2 Å². The second kappa shape index (κ2) is 8.43. The minimum Gasteiger partial charge on any atom is -0.350 e. The highest BCUT2D eigenvalue weighted by Gasteiger charge is 2.24. The maximum Gasteiger partial charge on any atom is 0.253 e. The van der Waals surface area contributed by atoms with Gasteiger partial charge in [-0.15, -0.1) is 0 Å². The van der Waals surface area contributed by atoms with Gasteiger partial charge in [-0.3, -0.25) is 9.59 Å². The predicted molar refractivity (Wildman–Crippen MR) is 98.9 cm³/mol. The molecule has 1 saturated heterocycles. The highest BCUT2D eigenvalue weighted by molar-refractivity contribution is 5.94. The maximum absolute atomic E-state index is 13.0. The van der Waals surface area contributed by atoms with Crippen LogP contribution in [0.25, 0.3) is 6.08 Å². The molecule has 1 fully saturated rings. The Morgan fingerprint density at radius 3 is 2.31 bits per heavy atom. The average molecular weight is 352 g/mol. The summed E-state index contributed by atoms with van der Waals surface area (Å²) in [5.41, 5.74) is 1.46. The van der Waals surface area contributed by atoms with Crippen molar-refractivity contribution in [3.63, 3.8) is 0 Å². The third kappa shape index (κ3) is 4.79. The molecular weight excluding hydrogens is 331 g/mol. The van der Waals surface area contributed by atoms with Gasteiger partial charge < -0.3 is 10.2 Å². The van der Waals surface area contributed by atoms with Crippen molar-refractivity contribution in [1.29, 1.82) is 0 Å². The van der Waals surface area contributed by atoms with Gasteiger partial charge in [0.1, 0.15) is 5.82 Å². The first kappa shape index (κ1) is 17.9. The Labute approximate surface area is 152 Å². The van der Waals surface area contributed by atoms with E-state index in [1.807, 2.05) is 30.3 Å². The van der Waals surface area contributed by atoms with Crippen molar-refractivity contribution in [3.05, 3.63) is 77.6 Å². The Balaban J connectivity index is 1.47. The number of carbonyl (C=O) groups excluding carboxylic acids is 2. The van der Waals surface area contributed by atoms with Crippen molar-refractivity contribution in [2.45, 2.75) is 18.9 Å². The second-order valence-corrected chi connectivity index (χ2v) is 6.33. The molecule has 1 heterocycles. The van der Waals surface area contributed by atoms with Gasteiger partial charge in [0.05, 0.1) is 0 Å². The van der Waals surface area contributed by atoms with Crippen LogP contribution in [0.5, 0.6) is 0 Å². The fourth-order valence-corrected chi connectivity index (χ4v) is 2.99. The molecule has 26 heavy (non-hydrogen) atoms. The number of rotatable bonds is 4. The van der Waals surface area contributed by atoms with Gasteiger partial charge in [-0.1, -0.05) is 30.3 Å². The molecule has 2 aromatic carbocycles. The third-order valence-corrected chi connectivity index (χ3v) is 4.45. The monoisotopic (exact) mass is 352 g/mol. The number of hydrogen-bond donors (Lipinski definition) is 1. The lowest BCUT2D eigenvalue weighted by molar-refractivity contribution is -0.117. The lowest BCUT2D eigenvalue weighted by Gasteiger charge is -2.32. The molecule has 1 aliphatic heterocycles. The summed E-state index contributed by atoms with van der Waals surface area (Å²) in [6, 6.07) is 15.3. The van der Waals surface area contributed by atoms with Gasteiger partial charge in [0.2, 0.25) is 5.91 Å². The van der Waals surface area contributed by atoms with E-state index in [1.54, 1.807) is 11.0 Å². The van der Waals surface area contributed by atoms with E-state index in [0.717, 1.165) is 5.56 Å². The standard InChI is InChI=1S/C21H21FN2O2/c22-18-9-7-17(8-10-18)21(26)24-14-12-19(13-15-24)23-20(25)11-6-16-4-2-1-3-5-16/h1-11,19H,12-15H2,(H,23,25)/b11-6+. The SMILES string of the molecule is O=C(/C=C/c1ccccc1)NC1CCN(C(=O)c2ccc(F)cc2)CC1. The van der Waals surface area contributed by atoms with Crippen LogP contribution in [-0.4, -0.2) is 35.8 Å². The van der Waals surface area contributed by atoms with Crippen LogP contribution in [0.2, 0.25) is 0 Å². The van der Waals surface area contributed by atoms with Crippen molar-refractivity contribution in [2.24, 2.45) is 0 Å². The largest absolute Gasteiger partial charge is 0.350 e. The topological polar surface area (TPSA) is 49.4 Å². The summed E-state index contributed by atoms with van der Waals surface area (Å²) in [7, 11) is 0. The van der Waals surface area contributed by atoms with Crippen LogP contribution in [0.3, 0.4) is 0 Å². The van der Waals surface area contributed by atoms with E-state index in [9.17, 15) is 14.0 Å². The lowest BCUT2D eigenvalue weighted by Crippen LogP contribution is -2.46. The molecule has 0 saturated carbocycles. The predicted octanol–water partition coefficient (Wildman–Crippen LogP) is 3.26. The molecule has 2 aromatic rings. The number of likely N-dealkylation sites (tertiary alicyclic amines) is 1. The Hall–Kier alpha value is -2.95. The summed E-state index contributed by atoms with van der Waals surface area (Å²) in [4.78, 5) is 26.2. The van der Waals surface area contributed by atoms with Crippen molar-refractivity contribution >= 4 is 17.9 Å². The number of nitrogens with one attached hydrogen (secondary N) is 1. The molecule has 0 radical (unpaired) electrons. The summed E-state index contributed by atoms with van der Waals surface area (Å²) in [6.07, 6.45) is 4.73. The normalized spacial score (nSPS) is 15.2. The first-order valence-corrected chi connectivity index (χ1v) is 8.70. The van der Waals surface area contributed by atoms with Gasteiger partial charge in [0.15, 0.2) is 0 Å². The minimum absolute atomic E-state index is 0.0557. The van der Waals surface area contributed by atoms with E-state index in [1.165, 1.54) is 30.3 Å². The quantitative estimate of drug-likeness (QED) is 0.859. The molecule has 1 aliphatic rings. The molecule has 2 amide bonds. The smallest absolute Gasteiger partial charge is 0.253 e. The molecule has 3 rings (SSSR count). The van der Waals surface area contributed by atoms with E-state index in [-0.39, 0.29) is 23.7 Å². The number of nitrogens with zero attached hydrogens (tertiary/aromatic N) is 1. The first-order valence-electron chi connectivity index (χ1n) is 8.70. The van der Waals surface area contributed by atoms with E-state index in [4.69, 9.17) is 0 Å². The van der Waals surface area contributed by atoms with E-state index >= 15 is 0 Å². The minimum atomic E-state index is -0.355. The molecule has 0 unspecified atom stereocenters. The maximum atomic E-state index is 13.0. The van der Waals surface area contributed by atoms with Crippen LogP contribution >= 0.6 is 0 Å². The van der Waals surface area contributed by atoms with E-state index in [2.05, 4.69) is 5.32 Å². The summed E-state index contributed by atoms with van der Waals surface area (Å²) in [6.45, 7) is 1.15. The summed E-state index contributed by atoms with van der Waals surface area (Å²) in [5, 5.41) is 2.98. The van der Waals surface area contributed by atoms with Gasteiger partial charge in [-0.2, -0.15) is 0 Å². The molecule has 0 spiro atoms. The summed E-state index contributed by atoms with van der Waals surface area (Å²) >= 11 is 0. The number of amides is 2. The fourth-order valence-electron chi connectivity index (χ4n) is 2.99. The molecule has 5 heteroatoms. The molecule has 0 aromatic heterocycles. The Kier molecular flexibility index (Phi) is 5.79. The molecule has 134 valence electrons. The van der Waals surface area contributed by atoms with Crippen LogP contribution in [0.15, 0.2) is 60.7 Å². The molecule has 0 atom stereocenters. The number of benzene rings is 2. The van der Waals surface area contributed by atoms with E-state index in [0.29, 0.717) is 31.5 Å². The summed E-state index contributed by atoms with van der Waals surface area (Å²) < 4.78 is 13.0. The second-order valence-electron chi connectivity index (χ2n) is 6.33.